The highest BCUT2D eigenvalue weighted by Crippen LogP contribution is 2.29. The highest BCUT2D eigenvalue weighted by atomic mass is 14.9. The molecule has 3 N–H and O–H groups in total. The second-order valence-electron chi connectivity index (χ2n) is 4.64. The quantitative estimate of drug-likeness (QED) is 0.570. The average molecular weight is 280 g/mol. The molecule has 2 rings (SSSR count). The number of benzene rings is 2. The summed E-state index contributed by atoms with van der Waals surface area (Å²) in [6.45, 7) is 7.65. The summed E-state index contributed by atoms with van der Waals surface area (Å²) in [6, 6.07) is 14.1. The Balaban J connectivity index is 0.00000220. The molecule has 21 heavy (non-hydrogen) atoms. The van der Waals surface area contributed by atoms with Crippen LogP contribution in [-0.2, 0) is 12.8 Å². The van der Waals surface area contributed by atoms with E-state index in [1.54, 1.807) is 0 Å². The van der Waals surface area contributed by atoms with Gasteiger partial charge < -0.3 is 11.1 Å². The molecular formula is C19H24N2. The first-order chi connectivity index (χ1) is 9.76. The molecule has 0 amide bonds. The van der Waals surface area contributed by atoms with Crippen LogP contribution < -0.4 is 11.1 Å². The second-order valence-corrected chi connectivity index (χ2v) is 4.64. The maximum Gasteiger partial charge on any atom is 0.0424 e. The summed E-state index contributed by atoms with van der Waals surface area (Å²) in [5.41, 5.74) is 11.3. The zero-order valence-corrected chi connectivity index (χ0v) is 11.6. The molecule has 110 valence electrons. The SMILES string of the molecule is C.C=CCc1c(N)ccc(Nc2ccccc2)c1CC=C. The Morgan fingerprint density at radius 3 is 2.14 bits per heavy atom. The normalized spacial score (nSPS) is 9.52. The summed E-state index contributed by atoms with van der Waals surface area (Å²) < 4.78 is 0. The summed E-state index contributed by atoms with van der Waals surface area (Å²) in [5, 5.41) is 3.45. The van der Waals surface area contributed by atoms with Crippen LogP contribution in [0, 0.1) is 0 Å². The van der Waals surface area contributed by atoms with Gasteiger partial charge in [0.25, 0.3) is 0 Å². The minimum absolute atomic E-state index is 0. The zero-order valence-electron chi connectivity index (χ0n) is 11.6. The number of allylic oxidation sites excluding steroid dienone is 2. The van der Waals surface area contributed by atoms with Crippen LogP contribution in [0.3, 0.4) is 0 Å². The zero-order chi connectivity index (χ0) is 14.4. The number of para-hydroxylation sites is 1. The fraction of sp³-hybridized carbons (Fsp3) is 0.158. The standard InChI is InChI=1S/C18H20N2.CH4/c1-3-8-15-16(9-4-2)18(13-12-17(15)19)20-14-10-6-5-7-11-14;/h3-7,10-13,20H,1-2,8-9,19H2;1H4. The Kier molecular flexibility index (Phi) is 6.28. The Hall–Kier alpha value is -2.48. The van der Waals surface area contributed by atoms with Crippen LogP contribution in [0.2, 0.25) is 0 Å². The van der Waals surface area contributed by atoms with Crippen molar-refractivity contribution < 1.29 is 0 Å². The fourth-order valence-electron chi connectivity index (χ4n) is 2.27. The maximum absolute atomic E-state index is 6.09. The molecular weight excluding hydrogens is 256 g/mol. The van der Waals surface area contributed by atoms with Crippen LogP contribution in [0.15, 0.2) is 67.8 Å². The first-order valence-electron chi connectivity index (χ1n) is 6.70. The van der Waals surface area contributed by atoms with Crippen molar-refractivity contribution in [2.45, 2.75) is 20.3 Å². The third-order valence-corrected chi connectivity index (χ3v) is 3.22. The number of rotatable bonds is 6. The molecule has 0 heterocycles. The van der Waals surface area contributed by atoms with Crippen LogP contribution >= 0.6 is 0 Å². The van der Waals surface area contributed by atoms with Crippen molar-refractivity contribution >= 4 is 17.1 Å². The van der Waals surface area contributed by atoms with E-state index in [2.05, 4.69) is 18.5 Å². The molecule has 2 nitrogen and oxygen atoms in total. The molecule has 0 spiro atoms. The van der Waals surface area contributed by atoms with Gasteiger partial charge in [0.1, 0.15) is 0 Å². The molecule has 0 aliphatic rings. The van der Waals surface area contributed by atoms with Gasteiger partial charge in [-0.05, 0) is 48.2 Å². The molecule has 0 atom stereocenters. The predicted octanol–water partition coefficient (Wildman–Crippen LogP) is 5.11. The number of nitrogens with one attached hydrogen (secondary N) is 1. The Morgan fingerprint density at radius 1 is 0.905 bits per heavy atom. The van der Waals surface area contributed by atoms with Gasteiger partial charge in [-0.25, -0.2) is 0 Å². The maximum atomic E-state index is 6.09. The Morgan fingerprint density at radius 2 is 1.52 bits per heavy atom. The first kappa shape index (κ1) is 16.6. The summed E-state index contributed by atoms with van der Waals surface area (Å²) in [5.74, 6) is 0. The summed E-state index contributed by atoms with van der Waals surface area (Å²) in [7, 11) is 0. The van der Waals surface area contributed by atoms with Gasteiger partial charge in [-0.1, -0.05) is 37.8 Å². The number of anilines is 3. The van der Waals surface area contributed by atoms with Gasteiger partial charge in [0.2, 0.25) is 0 Å². The highest BCUT2D eigenvalue weighted by Gasteiger charge is 2.10. The minimum atomic E-state index is 0. The van der Waals surface area contributed by atoms with E-state index in [4.69, 9.17) is 5.73 Å². The fourth-order valence-corrected chi connectivity index (χ4v) is 2.27. The molecule has 2 aromatic carbocycles. The number of nitrogens with two attached hydrogens (primary N) is 1. The van der Waals surface area contributed by atoms with Crippen LogP contribution in [0.5, 0.6) is 0 Å². The molecule has 0 fully saturated rings. The van der Waals surface area contributed by atoms with Gasteiger partial charge in [-0.15, -0.1) is 13.2 Å². The minimum Gasteiger partial charge on any atom is -0.398 e. The van der Waals surface area contributed by atoms with Gasteiger partial charge in [-0.3, -0.25) is 0 Å². The molecule has 0 aliphatic heterocycles. The topological polar surface area (TPSA) is 38.0 Å². The van der Waals surface area contributed by atoms with Crippen LogP contribution in [-0.4, -0.2) is 0 Å². The smallest absolute Gasteiger partial charge is 0.0424 e. The molecule has 0 unspecified atom stereocenters. The van der Waals surface area contributed by atoms with E-state index in [-0.39, 0.29) is 7.43 Å². The lowest BCUT2D eigenvalue weighted by Crippen LogP contribution is -2.03. The van der Waals surface area contributed by atoms with E-state index < -0.39 is 0 Å². The number of hydrogen-bond donors (Lipinski definition) is 2. The molecule has 0 radical (unpaired) electrons. The lowest BCUT2D eigenvalue weighted by molar-refractivity contribution is 1.16. The third-order valence-electron chi connectivity index (χ3n) is 3.22. The van der Waals surface area contributed by atoms with Crippen LogP contribution in [0.4, 0.5) is 17.1 Å². The third kappa shape index (κ3) is 3.99. The largest absolute Gasteiger partial charge is 0.398 e. The summed E-state index contributed by atoms with van der Waals surface area (Å²) >= 11 is 0. The van der Waals surface area contributed by atoms with Crippen molar-refractivity contribution in [1.82, 2.24) is 0 Å². The second kappa shape index (κ2) is 7.95. The van der Waals surface area contributed by atoms with Gasteiger partial charge >= 0.3 is 0 Å². The van der Waals surface area contributed by atoms with Crippen molar-refractivity contribution in [3.8, 4) is 0 Å². The summed E-state index contributed by atoms with van der Waals surface area (Å²) in [4.78, 5) is 0. The van der Waals surface area contributed by atoms with E-state index >= 15 is 0 Å². The van der Waals surface area contributed by atoms with Crippen LogP contribution in [0.25, 0.3) is 0 Å². The van der Waals surface area contributed by atoms with Gasteiger partial charge in [-0.2, -0.15) is 0 Å². The van der Waals surface area contributed by atoms with Gasteiger partial charge in [0.15, 0.2) is 0 Å². The lowest BCUT2D eigenvalue weighted by atomic mass is 9.97. The highest BCUT2D eigenvalue weighted by molar-refractivity contribution is 5.70. The molecule has 0 bridgehead atoms. The molecule has 0 saturated heterocycles. The van der Waals surface area contributed by atoms with Crippen molar-refractivity contribution in [1.29, 1.82) is 0 Å². The van der Waals surface area contributed by atoms with Gasteiger partial charge in [0.05, 0.1) is 0 Å². The average Bonchev–Trinajstić information content (AvgIpc) is 2.47. The molecule has 0 aliphatic carbocycles. The molecule has 2 heteroatoms. The molecule has 2 aromatic rings. The first-order valence-corrected chi connectivity index (χ1v) is 6.70. The lowest BCUT2D eigenvalue weighted by Gasteiger charge is -2.17. The van der Waals surface area contributed by atoms with Crippen molar-refractivity contribution in [3.05, 3.63) is 78.9 Å². The molecule has 0 saturated carbocycles. The van der Waals surface area contributed by atoms with Crippen LogP contribution in [0.1, 0.15) is 18.6 Å². The Bertz CT molecular complexity index is 600. The number of hydrogen-bond acceptors (Lipinski definition) is 2. The van der Waals surface area contributed by atoms with E-state index in [9.17, 15) is 0 Å². The number of nitrogen functional groups attached to an aromatic ring is 1. The van der Waals surface area contributed by atoms with E-state index in [0.717, 1.165) is 35.5 Å². The predicted molar refractivity (Wildman–Crippen MR) is 95.1 cm³/mol. The molecule has 0 aromatic heterocycles. The van der Waals surface area contributed by atoms with Crippen molar-refractivity contribution in [2.75, 3.05) is 11.1 Å². The monoisotopic (exact) mass is 280 g/mol. The van der Waals surface area contributed by atoms with Gasteiger partial charge in [0, 0.05) is 17.1 Å². The van der Waals surface area contributed by atoms with E-state index in [0.29, 0.717) is 0 Å². The van der Waals surface area contributed by atoms with E-state index in [1.165, 1.54) is 5.56 Å². The van der Waals surface area contributed by atoms with E-state index in [1.807, 2.05) is 54.6 Å². The summed E-state index contributed by atoms with van der Waals surface area (Å²) in [6.07, 6.45) is 5.32. The van der Waals surface area contributed by atoms with Crippen molar-refractivity contribution in [3.63, 3.8) is 0 Å². The van der Waals surface area contributed by atoms with Crippen molar-refractivity contribution in [2.24, 2.45) is 0 Å². The Labute approximate surface area is 128 Å².